The molecular weight excluding hydrogens is 392 g/mol. The molecule has 0 spiro atoms. The number of amides is 1. The zero-order chi connectivity index (χ0) is 20.3. The largest absolute Gasteiger partial charge is 0.379 e. The van der Waals surface area contributed by atoms with Crippen molar-refractivity contribution in [3.63, 3.8) is 0 Å². The summed E-state index contributed by atoms with van der Waals surface area (Å²) in [6.45, 7) is 1.32. The van der Waals surface area contributed by atoms with Crippen molar-refractivity contribution in [2.24, 2.45) is 0 Å². The summed E-state index contributed by atoms with van der Waals surface area (Å²) >= 11 is 0. The second kappa shape index (κ2) is 8.16. The van der Waals surface area contributed by atoms with Crippen molar-refractivity contribution in [3.05, 3.63) is 66.6 Å². The second-order valence-electron chi connectivity index (χ2n) is 6.52. The minimum Gasteiger partial charge on any atom is -0.379 e. The first-order valence-corrected chi connectivity index (χ1v) is 10.6. The molecule has 1 aliphatic heterocycles. The Morgan fingerprint density at radius 2 is 1.83 bits per heavy atom. The van der Waals surface area contributed by atoms with Gasteiger partial charge in [-0.05, 0) is 23.8 Å². The first kappa shape index (κ1) is 19.3. The Balaban J connectivity index is 1.45. The molecule has 0 bridgehead atoms. The Kier molecular flexibility index (Phi) is 5.43. The quantitative estimate of drug-likeness (QED) is 0.669. The van der Waals surface area contributed by atoms with Crippen LogP contribution in [-0.4, -0.2) is 54.9 Å². The maximum absolute atomic E-state index is 12.7. The lowest BCUT2D eigenvalue weighted by Crippen LogP contribution is -2.40. The molecule has 0 unspecified atom stereocenters. The third kappa shape index (κ3) is 4.21. The Morgan fingerprint density at radius 1 is 1.07 bits per heavy atom. The van der Waals surface area contributed by atoms with E-state index in [1.165, 1.54) is 16.6 Å². The Bertz CT molecular complexity index is 1090. The van der Waals surface area contributed by atoms with Gasteiger partial charge in [0.1, 0.15) is 16.4 Å². The predicted octanol–water partition coefficient (Wildman–Crippen LogP) is 2.35. The monoisotopic (exact) mass is 412 g/mol. The van der Waals surface area contributed by atoms with E-state index in [2.05, 4.69) is 15.3 Å². The topological polar surface area (TPSA) is 104 Å². The fourth-order valence-corrected chi connectivity index (χ4v) is 4.45. The zero-order valence-electron chi connectivity index (χ0n) is 15.5. The van der Waals surface area contributed by atoms with Gasteiger partial charge >= 0.3 is 0 Å². The maximum Gasteiger partial charge on any atom is 0.273 e. The van der Waals surface area contributed by atoms with Gasteiger partial charge < -0.3 is 15.0 Å². The van der Waals surface area contributed by atoms with Crippen molar-refractivity contribution < 1.29 is 17.9 Å². The lowest BCUT2D eigenvalue weighted by molar-refractivity contribution is 0.0730. The van der Waals surface area contributed by atoms with Gasteiger partial charge in [-0.2, -0.15) is 4.31 Å². The molecule has 1 fully saturated rings. The molecule has 9 heteroatoms. The van der Waals surface area contributed by atoms with Gasteiger partial charge in [0.05, 0.1) is 13.2 Å². The van der Waals surface area contributed by atoms with Gasteiger partial charge in [-0.1, -0.05) is 30.3 Å². The van der Waals surface area contributed by atoms with Crippen molar-refractivity contribution in [1.29, 1.82) is 0 Å². The SMILES string of the molecule is O=C(Nc1ccc(-c2ccccc2)cn1)c1cc(S(=O)(=O)N2CCOCC2)c[nH]1. The van der Waals surface area contributed by atoms with Crippen molar-refractivity contribution in [3.8, 4) is 11.1 Å². The highest BCUT2D eigenvalue weighted by molar-refractivity contribution is 7.89. The molecule has 2 N–H and O–H groups in total. The van der Waals surface area contributed by atoms with Crippen LogP contribution in [-0.2, 0) is 14.8 Å². The van der Waals surface area contributed by atoms with Crippen LogP contribution in [0, 0.1) is 0 Å². The number of morpholine rings is 1. The van der Waals surface area contributed by atoms with Gasteiger partial charge in [0.2, 0.25) is 10.0 Å². The minimum atomic E-state index is -3.66. The van der Waals surface area contributed by atoms with Crippen LogP contribution in [0.1, 0.15) is 10.5 Å². The normalized spacial score (nSPS) is 15.2. The molecule has 29 heavy (non-hydrogen) atoms. The number of aromatic nitrogens is 2. The van der Waals surface area contributed by atoms with E-state index < -0.39 is 15.9 Å². The van der Waals surface area contributed by atoms with Crippen molar-refractivity contribution in [1.82, 2.24) is 14.3 Å². The molecule has 8 nitrogen and oxygen atoms in total. The van der Waals surface area contributed by atoms with Crippen LogP contribution in [0.3, 0.4) is 0 Å². The number of aromatic amines is 1. The number of carbonyl (C=O) groups excluding carboxylic acids is 1. The summed E-state index contributed by atoms with van der Waals surface area (Å²) in [6, 6.07) is 14.7. The molecule has 1 aromatic carbocycles. The number of carbonyl (C=O) groups is 1. The van der Waals surface area contributed by atoms with Crippen molar-refractivity contribution in [2.75, 3.05) is 31.6 Å². The fourth-order valence-electron chi connectivity index (χ4n) is 3.04. The third-order valence-corrected chi connectivity index (χ3v) is 6.50. The number of anilines is 1. The van der Waals surface area contributed by atoms with E-state index in [0.717, 1.165) is 11.1 Å². The highest BCUT2D eigenvalue weighted by Crippen LogP contribution is 2.20. The van der Waals surface area contributed by atoms with Gasteiger partial charge in [0, 0.05) is 31.0 Å². The van der Waals surface area contributed by atoms with Crippen LogP contribution < -0.4 is 5.32 Å². The molecule has 1 amide bonds. The third-order valence-electron chi connectivity index (χ3n) is 4.62. The highest BCUT2D eigenvalue weighted by Gasteiger charge is 2.28. The highest BCUT2D eigenvalue weighted by atomic mass is 32.2. The van der Waals surface area contributed by atoms with E-state index in [1.807, 2.05) is 36.4 Å². The average molecular weight is 412 g/mol. The molecule has 2 aromatic heterocycles. The van der Waals surface area contributed by atoms with Gasteiger partial charge in [-0.15, -0.1) is 0 Å². The number of nitrogens with zero attached hydrogens (tertiary/aromatic N) is 2. The van der Waals surface area contributed by atoms with Crippen LogP contribution in [0.4, 0.5) is 5.82 Å². The molecule has 150 valence electrons. The number of sulfonamides is 1. The molecule has 0 radical (unpaired) electrons. The van der Waals surface area contributed by atoms with E-state index >= 15 is 0 Å². The number of H-pyrrole nitrogens is 1. The molecule has 1 aliphatic rings. The van der Waals surface area contributed by atoms with Crippen LogP contribution in [0.5, 0.6) is 0 Å². The molecule has 3 heterocycles. The molecule has 0 saturated carbocycles. The van der Waals surface area contributed by atoms with E-state index in [4.69, 9.17) is 4.74 Å². The Hall–Kier alpha value is -3.01. The number of hydrogen-bond acceptors (Lipinski definition) is 5. The first-order valence-electron chi connectivity index (χ1n) is 9.13. The summed E-state index contributed by atoms with van der Waals surface area (Å²) in [4.78, 5) is 19.5. The van der Waals surface area contributed by atoms with Crippen LogP contribution in [0.2, 0.25) is 0 Å². The van der Waals surface area contributed by atoms with Gasteiger partial charge in [0.15, 0.2) is 0 Å². The standard InChI is InChI=1S/C20H20N4O4S/c25-20(23-19-7-6-16(13-22-19)15-4-2-1-3-5-15)18-12-17(14-21-18)29(26,27)24-8-10-28-11-9-24/h1-7,12-14,21H,8-11H2,(H,22,23,25). The zero-order valence-corrected chi connectivity index (χ0v) is 16.4. The lowest BCUT2D eigenvalue weighted by atomic mass is 10.1. The minimum absolute atomic E-state index is 0.0527. The van der Waals surface area contributed by atoms with Crippen LogP contribution in [0.25, 0.3) is 11.1 Å². The number of benzene rings is 1. The summed E-state index contributed by atoms with van der Waals surface area (Å²) in [5, 5.41) is 2.67. The van der Waals surface area contributed by atoms with Crippen LogP contribution in [0.15, 0.2) is 65.8 Å². The van der Waals surface area contributed by atoms with Gasteiger partial charge in [-0.3, -0.25) is 4.79 Å². The number of pyridine rings is 1. The lowest BCUT2D eigenvalue weighted by Gasteiger charge is -2.25. The fraction of sp³-hybridized carbons (Fsp3) is 0.200. The number of nitrogens with one attached hydrogen (secondary N) is 2. The van der Waals surface area contributed by atoms with Crippen molar-refractivity contribution in [2.45, 2.75) is 4.90 Å². The van der Waals surface area contributed by atoms with E-state index in [0.29, 0.717) is 32.1 Å². The smallest absolute Gasteiger partial charge is 0.273 e. The van der Waals surface area contributed by atoms with Gasteiger partial charge in [-0.25, -0.2) is 13.4 Å². The van der Waals surface area contributed by atoms with Crippen molar-refractivity contribution >= 4 is 21.7 Å². The van der Waals surface area contributed by atoms with E-state index in [1.54, 1.807) is 12.3 Å². The summed E-state index contributed by atoms with van der Waals surface area (Å²) < 4.78 is 31.9. The molecule has 1 saturated heterocycles. The summed E-state index contributed by atoms with van der Waals surface area (Å²) in [6.07, 6.45) is 3.00. The molecular formula is C20H20N4O4S. The number of ether oxygens (including phenoxy) is 1. The summed E-state index contributed by atoms with van der Waals surface area (Å²) in [5.74, 6) is -0.0877. The summed E-state index contributed by atoms with van der Waals surface area (Å²) in [7, 11) is -3.66. The Morgan fingerprint density at radius 3 is 2.52 bits per heavy atom. The maximum atomic E-state index is 12.7. The van der Waals surface area contributed by atoms with Crippen LogP contribution >= 0.6 is 0 Å². The molecule has 3 aromatic rings. The second-order valence-corrected chi connectivity index (χ2v) is 8.46. The van der Waals surface area contributed by atoms with E-state index in [-0.39, 0.29) is 10.6 Å². The molecule has 0 atom stereocenters. The van der Waals surface area contributed by atoms with E-state index in [9.17, 15) is 13.2 Å². The average Bonchev–Trinajstić information content (AvgIpc) is 3.27. The number of rotatable bonds is 5. The molecule has 0 aliphatic carbocycles. The molecule has 4 rings (SSSR count). The van der Waals surface area contributed by atoms with Gasteiger partial charge in [0.25, 0.3) is 5.91 Å². The Labute approximate surface area is 168 Å². The number of hydrogen-bond donors (Lipinski definition) is 2. The summed E-state index contributed by atoms with van der Waals surface area (Å²) in [5.41, 5.74) is 2.10. The first-order chi connectivity index (χ1) is 14.0. The predicted molar refractivity (Wildman–Crippen MR) is 108 cm³/mol.